The van der Waals surface area contributed by atoms with E-state index in [1.54, 1.807) is 19.9 Å². The summed E-state index contributed by atoms with van der Waals surface area (Å²) in [6, 6.07) is 4.61. The van der Waals surface area contributed by atoms with Crippen LogP contribution in [0.5, 0.6) is 5.75 Å². The number of benzene rings is 1. The van der Waals surface area contributed by atoms with Gasteiger partial charge in [0.25, 0.3) is 0 Å². The number of carbonyl (C=O) groups is 1. The third-order valence-corrected chi connectivity index (χ3v) is 3.19. The molecule has 0 saturated carbocycles. The second kappa shape index (κ2) is 5.83. The Morgan fingerprint density at radius 3 is 2.67 bits per heavy atom. The van der Waals surface area contributed by atoms with Gasteiger partial charge in [-0.3, -0.25) is 10.1 Å². The van der Waals surface area contributed by atoms with Crippen LogP contribution in [-0.4, -0.2) is 23.9 Å². The van der Waals surface area contributed by atoms with Gasteiger partial charge >= 0.3 is 5.69 Å². The maximum Gasteiger partial charge on any atom is 0.312 e. The Bertz CT molecular complexity index is 462. The second-order valence-electron chi connectivity index (χ2n) is 4.13. The topological polar surface area (TPSA) is 81.5 Å². The first-order chi connectivity index (χ1) is 8.39. The SMILES string of the molecule is COc1ccc(SNC(C)(C)C=O)cc1[N+](=O)[O-]. The first kappa shape index (κ1) is 14.5. The summed E-state index contributed by atoms with van der Waals surface area (Å²) < 4.78 is 7.81. The van der Waals surface area contributed by atoms with E-state index in [1.165, 1.54) is 19.2 Å². The summed E-state index contributed by atoms with van der Waals surface area (Å²) in [5.74, 6) is 0.207. The first-order valence-corrected chi connectivity index (χ1v) is 5.94. The van der Waals surface area contributed by atoms with Crippen molar-refractivity contribution in [2.24, 2.45) is 0 Å². The Hall–Kier alpha value is -1.60. The molecule has 0 radical (unpaired) electrons. The fourth-order valence-electron chi connectivity index (χ4n) is 1.09. The molecule has 0 saturated heterocycles. The van der Waals surface area contributed by atoms with E-state index in [9.17, 15) is 14.9 Å². The number of nitrogens with zero attached hydrogens (tertiary/aromatic N) is 1. The minimum atomic E-state index is -0.695. The molecule has 0 aliphatic heterocycles. The van der Waals surface area contributed by atoms with Crippen LogP contribution in [-0.2, 0) is 4.79 Å². The summed E-state index contributed by atoms with van der Waals surface area (Å²) in [6.07, 6.45) is 0.776. The van der Waals surface area contributed by atoms with Crippen LogP contribution in [0.4, 0.5) is 5.69 Å². The van der Waals surface area contributed by atoms with Gasteiger partial charge in [0, 0.05) is 11.0 Å². The summed E-state index contributed by atoms with van der Waals surface area (Å²) in [7, 11) is 1.38. The van der Waals surface area contributed by atoms with Crippen molar-refractivity contribution in [2.45, 2.75) is 24.3 Å². The van der Waals surface area contributed by atoms with Gasteiger partial charge in [-0.15, -0.1) is 0 Å². The van der Waals surface area contributed by atoms with Gasteiger partial charge in [-0.2, -0.15) is 0 Å². The number of nitro groups is 1. The molecule has 1 aromatic rings. The van der Waals surface area contributed by atoms with Crippen molar-refractivity contribution in [1.82, 2.24) is 4.72 Å². The number of hydrogen-bond donors (Lipinski definition) is 1. The molecule has 6 nitrogen and oxygen atoms in total. The van der Waals surface area contributed by atoms with Crippen LogP contribution in [0.2, 0.25) is 0 Å². The van der Waals surface area contributed by atoms with E-state index in [4.69, 9.17) is 4.74 Å². The van der Waals surface area contributed by atoms with Gasteiger partial charge in [0.05, 0.1) is 17.6 Å². The molecule has 0 aromatic heterocycles. The Morgan fingerprint density at radius 1 is 1.50 bits per heavy atom. The molecule has 0 unspecified atom stereocenters. The van der Waals surface area contributed by atoms with Crippen molar-refractivity contribution < 1.29 is 14.5 Å². The Kier molecular flexibility index (Phi) is 4.69. The zero-order chi connectivity index (χ0) is 13.8. The monoisotopic (exact) mass is 270 g/mol. The van der Waals surface area contributed by atoms with Crippen LogP contribution in [0.25, 0.3) is 0 Å². The molecule has 0 atom stereocenters. The van der Waals surface area contributed by atoms with Gasteiger partial charge < -0.3 is 9.53 Å². The molecule has 18 heavy (non-hydrogen) atoms. The number of ether oxygens (including phenoxy) is 1. The zero-order valence-corrected chi connectivity index (χ0v) is 11.1. The van der Waals surface area contributed by atoms with Gasteiger partial charge in [0.15, 0.2) is 5.75 Å². The molecule has 98 valence electrons. The van der Waals surface area contributed by atoms with Crippen LogP contribution in [0.3, 0.4) is 0 Å². The smallest absolute Gasteiger partial charge is 0.312 e. The van der Waals surface area contributed by atoms with E-state index in [-0.39, 0.29) is 11.4 Å². The number of methoxy groups -OCH3 is 1. The lowest BCUT2D eigenvalue weighted by molar-refractivity contribution is -0.386. The van der Waals surface area contributed by atoms with E-state index in [0.717, 1.165) is 18.2 Å². The zero-order valence-electron chi connectivity index (χ0n) is 10.3. The van der Waals surface area contributed by atoms with Crippen molar-refractivity contribution in [2.75, 3.05) is 7.11 Å². The standard InChI is InChI=1S/C11H14N2O4S/c1-11(2,7-14)12-18-8-4-5-10(17-3)9(6-8)13(15)16/h4-7,12H,1-3H3. The highest BCUT2D eigenvalue weighted by Crippen LogP contribution is 2.31. The van der Waals surface area contributed by atoms with E-state index in [2.05, 4.69) is 4.72 Å². The molecule has 0 bridgehead atoms. The largest absolute Gasteiger partial charge is 0.490 e. The van der Waals surface area contributed by atoms with Gasteiger partial charge in [-0.25, -0.2) is 4.72 Å². The molecular weight excluding hydrogens is 256 g/mol. The molecule has 0 heterocycles. The van der Waals surface area contributed by atoms with Crippen LogP contribution in [0.1, 0.15) is 13.8 Å². The fourth-order valence-corrected chi connectivity index (χ4v) is 1.83. The second-order valence-corrected chi connectivity index (χ2v) is 5.01. The van der Waals surface area contributed by atoms with E-state index < -0.39 is 10.5 Å². The maximum atomic E-state index is 10.8. The Balaban J connectivity index is 2.89. The maximum absolute atomic E-state index is 10.8. The summed E-state index contributed by atoms with van der Waals surface area (Å²) in [4.78, 5) is 21.7. The quantitative estimate of drug-likeness (QED) is 0.369. The lowest BCUT2D eigenvalue weighted by Gasteiger charge is -2.17. The molecule has 1 aromatic carbocycles. The van der Waals surface area contributed by atoms with Crippen LogP contribution in [0.15, 0.2) is 23.1 Å². The molecule has 1 N–H and O–H groups in total. The van der Waals surface area contributed by atoms with E-state index in [0.29, 0.717) is 4.90 Å². The number of hydrogen-bond acceptors (Lipinski definition) is 6. The van der Waals surface area contributed by atoms with Crippen LogP contribution >= 0.6 is 11.9 Å². The predicted molar refractivity (Wildman–Crippen MR) is 68.8 cm³/mol. The molecule has 0 aliphatic carbocycles. The van der Waals surface area contributed by atoms with Crippen molar-refractivity contribution in [3.63, 3.8) is 0 Å². The molecular formula is C11H14N2O4S. The Morgan fingerprint density at radius 2 is 2.17 bits per heavy atom. The van der Waals surface area contributed by atoms with Gasteiger partial charge in [-0.1, -0.05) is 0 Å². The van der Waals surface area contributed by atoms with Gasteiger partial charge in [-0.05, 0) is 37.9 Å². The lowest BCUT2D eigenvalue weighted by Crippen LogP contribution is -2.35. The van der Waals surface area contributed by atoms with Gasteiger partial charge in [0.1, 0.15) is 6.29 Å². The summed E-state index contributed by atoms with van der Waals surface area (Å²) in [5, 5.41) is 10.8. The van der Waals surface area contributed by atoms with E-state index in [1.807, 2.05) is 0 Å². The fraction of sp³-hybridized carbons (Fsp3) is 0.364. The number of aldehydes is 1. The number of rotatable bonds is 6. The highest BCUT2D eigenvalue weighted by atomic mass is 32.2. The van der Waals surface area contributed by atoms with Crippen molar-refractivity contribution in [3.05, 3.63) is 28.3 Å². The van der Waals surface area contributed by atoms with E-state index >= 15 is 0 Å². The van der Waals surface area contributed by atoms with Crippen molar-refractivity contribution >= 4 is 23.9 Å². The third-order valence-electron chi connectivity index (χ3n) is 2.07. The molecule has 7 heteroatoms. The van der Waals surface area contributed by atoms with Crippen molar-refractivity contribution in [1.29, 1.82) is 0 Å². The molecule has 0 spiro atoms. The minimum Gasteiger partial charge on any atom is -0.490 e. The minimum absolute atomic E-state index is 0.104. The number of carbonyl (C=O) groups excluding carboxylic acids is 1. The highest BCUT2D eigenvalue weighted by molar-refractivity contribution is 7.97. The Labute approximate surface area is 109 Å². The molecule has 0 fully saturated rings. The highest BCUT2D eigenvalue weighted by Gasteiger charge is 2.18. The predicted octanol–water partition coefficient (Wildman–Crippen LogP) is 2.18. The first-order valence-electron chi connectivity index (χ1n) is 5.12. The third kappa shape index (κ3) is 3.71. The molecule has 0 aliphatic rings. The van der Waals surface area contributed by atoms with Crippen LogP contribution < -0.4 is 9.46 Å². The average molecular weight is 270 g/mol. The summed E-state index contributed by atoms with van der Waals surface area (Å²) in [6.45, 7) is 3.43. The summed E-state index contributed by atoms with van der Waals surface area (Å²) >= 11 is 1.16. The number of nitrogens with one attached hydrogen (secondary N) is 1. The summed E-state index contributed by atoms with van der Waals surface area (Å²) in [5.41, 5.74) is -0.799. The number of nitro benzene ring substituents is 1. The lowest BCUT2D eigenvalue weighted by atomic mass is 10.1. The van der Waals surface area contributed by atoms with Crippen LogP contribution in [0, 0.1) is 10.1 Å². The normalized spacial score (nSPS) is 11.1. The van der Waals surface area contributed by atoms with Crippen molar-refractivity contribution in [3.8, 4) is 5.75 Å². The van der Waals surface area contributed by atoms with Gasteiger partial charge in [0.2, 0.25) is 0 Å². The average Bonchev–Trinajstić information content (AvgIpc) is 2.36. The molecule has 0 amide bonds. The molecule has 1 rings (SSSR count).